The van der Waals surface area contributed by atoms with Gasteiger partial charge in [0, 0.05) is 33.0 Å². The van der Waals surface area contributed by atoms with Crippen molar-refractivity contribution in [2.75, 3.05) is 20.6 Å². The van der Waals surface area contributed by atoms with Crippen molar-refractivity contribution >= 4 is 5.91 Å². The normalized spacial score (nSPS) is 18.6. The molecule has 1 atom stereocenters. The van der Waals surface area contributed by atoms with Gasteiger partial charge in [0.15, 0.2) is 0 Å². The molecule has 0 saturated carbocycles. The number of likely N-dealkylation sites (N-methyl/N-ethyl adjacent to an activating group) is 1. The van der Waals surface area contributed by atoms with Crippen molar-refractivity contribution in [1.29, 1.82) is 0 Å². The second kappa shape index (κ2) is 9.27. The summed E-state index contributed by atoms with van der Waals surface area (Å²) in [5, 5.41) is 0. The Morgan fingerprint density at radius 1 is 1.06 bits per heavy atom. The van der Waals surface area contributed by atoms with E-state index in [1.54, 1.807) is 17.3 Å². The third-order valence-electron chi connectivity index (χ3n) is 5.74. The van der Waals surface area contributed by atoms with Crippen LogP contribution in [0.25, 0.3) is 0 Å². The van der Waals surface area contributed by atoms with E-state index < -0.39 is 5.54 Å². The number of hydrogen-bond donors (Lipinski definition) is 0. The molecular formula is C25H28N4O2. The fourth-order valence-corrected chi connectivity index (χ4v) is 4.30. The Labute approximate surface area is 183 Å². The number of nitrogens with zero attached hydrogens (tertiary/aromatic N) is 4. The SMILES string of the molecule is CN(C)C(=O)C1(c2ccccn2)CCCN1Cc1cccc(OCc2ccccn2)c1. The van der Waals surface area contributed by atoms with E-state index in [1.807, 2.05) is 68.7 Å². The predicted molar refractivity (Wildman–Crippen MR) is 119 cm³/mol. The van der Waals surface area contributed by atoms with Gasteiger partial charge in [0.25, 0.3) is 0 Å². The summed E-state index contributed by atoms with van der Waals surface area (Å²) >= 11 is 0. The first-order valence-electron chi connectivity index (χ1n) is 10.6. The van der Waals surface area contributed by atoms with Crippen LogP contribution < -0.4 is 4.74 Å². The maximum Gasteiger partial charge on any atom is 0.248 e. The molecule has 6 nitrogen and oxygen atoms in total. The second-order valence-corrected chi connectivity index (χ2v) is 8.06. The average Bonchev–Trinajstić information content (AvgIpc) is 3.23. The first-order valence-corrected chi connectivity index (χ1v) is 10.6. The van der Waals surface area contributed by atoms with E-state index in [9.17, 15) is 4.79 Å². The molecule has 0 aliphatic carbocycles. The van der Waals surface area contributed by atoms with Crippen LogP contribution in [0, 0.1) is 0 Å². The monoisotopic (exact) mass is 416 g/mol. The molecule has 1 fully saturated rings. The molecule has 31 heavy (non-hydrogen) atoms. The number of likely N-dealkylation sites (tertiary alicyclic amines) is 1. The topological polar surface area (TPSA) is 58.6 Å². The van der Waals surface area contributed by atoms with Crippen molar-refractivity contribution in [2.45, 2.75) is 31.5 Å². The summed E-state index contributed by atoms with van der Waals surface area (Å²) < 4.78 is 5.95. The van der Waals surface area contributed by atoms with Gasteiger partial charge in [-0.25, -0.2) is 0 Å². The summed E-state index contributed by atoms with van der Waals surface area (Å²) in [6.45, 7) is 1.91. The van der Waals surface area contributed by atoms with Gasteiger partial charge in [-0.1, -0.05) is 24.3 Å². The third kappa shape index (κ3) is 4.44. The van der Waals surface area contributed by atoms with Crippen molar-refractivity contribution in [1.82, 2.24) is 19.8 Å². The van der Waals surface area contributed by atoms with E-state index in [2.05, 4.69) is 20.9 Å². The van der Waals surface area contributed by atoms with Crippen LogP contribution in [0.15, 0.2) is 73.1 Å². The molecule has 0 spiro atoms. The molecule has 160 valence electrons. The Morgan fingerprint density at radius 3 is 2.58 bits per heavy atom. The van der Waals surface area contributed by atoms with E-state index in [1.165, 1.54) is 0 Å². The number of aromatic nitrogens is 2. The Balaban J connectivity index is 1.56. The number of carbonyl (C=O) groups is 1. The van der Waals surface area contributed by atoms with E-state index >= 15 is 0 Å². The lowest BCUT2D eigenvalue weighted by atomic mass is 9.89. The van der Waals surface area contributed by atoms with Crippen molar-refractivity contribution in [3.8, 4) is 5.75 Å². The number of benzene rings is 1. The summed E-state index contributed by atoms with van der Waals surface area (Å²) in [6, 6.07) is 19.7. The summed E-state index contributed by atoms with van der Waals surface area (Å²) in [6.07, 6.45) is 5.24. The Kier molecular flexibility index (Phi) is 6.28. The minimum Gasteiger partial charge on any atom is -0.487 e. The molecule has 4 rings (SSSR count). The molecular weight excluding hydrogens is 388 g/mol. The van der Waals surface area contributed by atoms with Crippen LogP contribution in [-0.2, 0) is 23.5 Å². The number of pyridine rings is 2. The van der Waals surface area contributed by atoms with Gasteiger partial charge >= 0.3 is 0 Å². The molecule has 0 bridgehead atoms. The molecule has 0 N–H and O–H groups in total. The van der Waals surface area contributed by atoms with E-state index in [0.29, 0.717) is 13.2 Å². The maximum atomic E-state index is 13.4. The zero-order valence-electron chi connectivity index (χ0n) is 18.1. The molecule has 1 unspecified atom stereocenters. The summed E-state index contributed by atoms with van der Waals surface area (Å²) in [5.41, 5.74) is 2.06. The summed E-state index contributed by atoms with van der Waals surface area (Å²) in [4.78, 5) is 26.2. The molecule has 1 aliphatic heterocycles. The van der Waals surface area contributed by atoms with Crippen molar-refractivity contribution < 1.29 is 9.53 Å². The fourth-order valence-electron chi connectivity index (χ4n) is 4.30. The molecule has 1 aromatic carbocycles. The van der Waals surface area contributed by atoms with Crippen LogP contribution in [-0.4, -0.2) is 46.3 Å². The molecule has 1 saturated heterocycles. The highest BCUT2D eigenvalue weighted by molar-refractivity contribution is 5.87. The maximum absolute atomic E-state index is 13.4. The first kappa shape index (κ1) is 21.0. The van der Waals surface area contributed by atoms with Crippen LogP contribution >= 0.6 is 0 Å². The third-order valence-corrected chi connectivity index (χ3v) is 5.74. The van der Waals surface area contributed by atoms with Crippen molar-refractivity contribution in [3.05, 3.63) is 90.0 Å². The average molecular weight is 417 g/mol. The Bertz CT molecular complexity index is 1010. The molecule has 6 heteroatoms. The van der Waals surface area contributed by atoms with Gasteiger partial charge in [0.05, 0.1) is 11.4 Å². The number of ether oxygens (including phenoxy) is 1. The van der Waals surface area contributed by atoms with E-state index in [0.717, 1.165) is 42.1 Å². The minimum absolute atomic E-state index is 0.0752. The zero-order valence-corrected chi connectivity index (χ0v) is 18.1. The van der Waals surface area contributed by atoms with E-state index in [4.69, 9.17) is 4.74 Å². The molecule has 2 aromatic heterocycles. The van der Waals surface area contributed by atoms with E-state index in [-0.39, 0.29) is 5.91 Å². The molecule has 1 aliphatic rings. The first-order chi connectivity index (χ1) is 15.1. The lowest BCUT2D eigenvalue weighted by Gasteiger charge is -2.38. The van der Waals surface area contributed by atoms with Gasteiger partial charge < -0.3 is 9.64 Å². The number of carbonyl (C=O) groups excluding carboxylic acids is 1. The molecule has 3 aromatic rings. The molecule has 0 radical (unpaired) electrons. The van der Waals surface area contributed by atoms with Crippen LogP contribution in [0.4, 0.5) is 0 Å². The fraction of sp³-hybridized carbons (Fsp3) is 0.320. The van der Waals surface area contributed by atoms with Gasteiger partial charge in [-0.05, 0) is 61.3 Å². The lowest BCUT2D eigenvalue weighted by Crippen LogP contribution is -2.52. The van der Waals surface area contributed by atoms with Gasteiger partial charge in [-0.15, -0.1) is 0 Å². The minimum atomic E-state index is -0.740. The van der Waals surface area contributed by atoms with Gasteiger partial charge in [0.2, 0.25) is 5.91 Å². The quantitative estimate of drug-likeness (QED) is 0.589. The summed E-state index contributed by atoms with van der Waals surface area (Å²) in [7, 11) is 3.63. The highest BCUT2D eigenvalue weighted by Gasteiger charge is 2.50. The smallest absolute Gasteiger partial charge is 0.248 e. The van der Waals surface area contributed by atoms with Crippen LogP contribution in [0.2, 0.25) is 0 Å². The number of amides is 1. The number of rotatable bonds is 7. The highest BCUT2D eigenvalue weighted by Crippen LogP contribution is 2.40. The lowest BCUT2D eigenvalue weighted by molar-refractivity contribution is -0.141. The van der Waals surface area contributed by atoms with Crippen molar-refractivity contribution in [3.63, 3.8) is 0 Å². The zero-order chi connectivity index (χ0) is 21.7. The van der Waals surface area contributed by atoms with Crippen LogP contribution in [0.5, 0.6) is 5.75 Å². The van der Waals surface area contributed by atoms with Gasteiger partial charge in [-0.2, -0.15) is 0 Å². The molecule has 1 amide bonds. The summed E-state index contributed by atoms with van der Waals surface area (Å²) in [5.74, 6) is 0.871. The number of hydrogen-bond acceptors (Lipinski definition) is 5. The standard InChI is InChI=1S/C25H28N4O2/c1-28(2)24(30)25(23-12-4-6-15-27-23)13-8-16-29(25)18-20-9-7-11-22(17-20)31-19-21-10-3-5-14-26-21/h3-7,9-12,14-15,17H,8,13,16,18-19H2,1-2H3. The predicted octanol–water partition coefficient (Wildman–Crippen LogP) is 3.64. The Hall–Kier alpha value is -3.25. The van der Waals surface area contributed by atoms with Crippen LogP contribution in [0.1, 0.15) is 29.8 Å². The van der Waals surface area contributed by atoms with Gasteiger partial charge in [-0.3, -0.25) is 19.7 Å². The van der Waals surface area contributed by atoms with Gasteiger partial charge in [0.1, 0.15) is 17.9 Å². The highest BCUT2D eigenvalue weighted by atomic mass is 16.5. The largest absolute Gasteiger partial charge is 0.487 e. The van der Waals surface area contributed by atoms with Crippen molar-refractivity contribution in [2.24, 2.45) is 0 Å². The Morgan fingerprint density at radius 2 is 1.87 bits per heavy atom. The van der Waals surface area contributed by atoms with Crippen LogP contribution in [0.3, 0.4) is 0 Å². The molecule has 3 heterocycles. The second-order valence-electron chi connectivity index (χ2n) is 8.06.